The Morgan fingerprint density at radius 3 is 2.39 bits per heavy atom. The molecular weight excluding hydrogens is 390 g/mol. The van der Waals surface area contributed by atoms with E-state index in [0.717, 1.165) is 16.8 Å². The van der Waals surface area contributed by atoms with Gasteiger partial charge in [0.05, 0.1) is 7.11 Å². The van der Waals surface area contributed by atoms with Crippen LogP contribution in [0.3, 0.4) is 0 Å². The number of hydrogen-bond donors (Lipinski definition) is 1. The molecule has 6 nitrogen and oxygen atoms in total. The zero-order chi connectivity index (χ0) is 21.5. The molecule has 0 radical (unpaired) electrons. The third kappa shape index (κ3) is 5.11. The zero-order valence-electron chi connectivity index (χ0n) is 17.2. The average Bonchev–Trinajstić information content (AvgIpc) is 3.37. The maximum atomic E-state index is 12.5. The number of methoxy groups -OCH3 is 1. The van der Waals surface area contributed by atoms with E-state index in [9.17, 15) is 4.79 Å². The number of rotatable bonds is 8. The molecule has 4 rings (SSSR count). The minimum atomic E-state index is -0.129. The maximum absolute atomic E-state index is 12.5. The lowest BCUT2D eigenvalue weighted by molar-refractivity contribution is 0.0951. The van der Waals surface area contributed by atoms with Gasteiger partial charge in [-0.05, 0) is 71.8 Å². The maximum Gasteiger partial charge on any atom is 0.251 e. The van der Waals surface area contributed by atoms with E-state index in [1.165, 1.54) is 0 Å². The van der Waals surface area contributed by atoms with Gasteiger partial charge in [-0.3, -0.25) is 9.78 Å². The molecule has 0 atom stereocenters. The highest BCUT2D eigenvalue weighted by molar-refractivity contribution is 5.94. The number of carbonyl (C=O) groups excluding carboxylic acids is 1. The first-order chi connectivity index (χ1) is 15.2. The number of nitrogens with zero attached hydrogens (tertiary/aromatic N) is 2. The second kappa shape index (κ2) is 9.63. The predicted octanol–water partition coefficient (Wildman–Crippen LogP) is 4.39. The first-order valence-electron chi connectivity index (χ1n) is 9.93. The number of aromatic nitrogens is 2. The molecule has 2 heterocycles. The number of pyridine rings is 1. The molecular formula is C25H23N3O3. The Morgan fingerprint density at radius 2 is 1.68 bits per heavy atom. The number of amides is 1. The van der Waals surface area contributed by atoms with Gasteiger partial charge in [-0.15, -0.1) is 0 Å². The topological polar surface area (TPSA) is 65.4 Å². The third-order valence-corrected chi connectivity index (χ3v) is 4.86. The van der Waals surface area contributed by atoms with Crippen molar-refractivity contribution in [2.75, 3.05) is 7.11 Å². The molecule has 0 aliphatic rings. The largest absolute Gasteiger partial charge is 0.493 e. The van der Waals surface area contributed by atoms with Crippen LogP contribution in [-0.2, 0) is 13.2 Å². The van der Waals surface area contributed by atoms with E-state index in [-0.39, 0.29) is 5.91 Å². The minimum Gasteiger partial charge on any atom is -0.493 e. The van der Waals surface area contributed by atoms with Gasteiger partial charge in [0.1, 0.15) is 6.61 Å². The quantitative estimate of drug-likeness (QED) is 0.465. The van der Waals surface area contributed by atoms with Crippen molar-refractivity contribution >= 4 is 5.91 Å². The van der Waals surface area contributed by atoms with Crippen molar-refractivity contribution in [3.63, 3.8) is 0 Å². The molecule has 4 aromatic rings. The van der Waals surface area contributed by atoms with Gasteiger partial charge in [0, 0.05) is 42.6 Å². The summed E-state index contributed by atoms with van der Waals surface area (Å²) in [7, 11) is 1.60. The summed E-state index contributed by atoms with van der Waals surface area (Å²) in [5.74, 6) is 1.14. The Balaban J connectivity index is 1.36. The Bertz CT molecular complexity index is 1120. The van der Waals surface area contributed by atoms with Crippen LogP contribution >= 0.6 is 0 Å². The highest BCUT2D eigenvalue weighted by atomic mass is 16.5. The molecule has 0 spiro atoms. The lowest BCUT2D eigenvalue weighted by Gasteiger charge is -2.13. The van der Waals surface area contributed by atoms with Crippen LogP contribution in [0.25, 0.3) is 5.69 Å². The molecule has 2 aromatic heterocycles. The van der Waals surface area contributed by atoms with Crippen molar-refractivity contribution in [2.24, 2.45) is 0 Å². The van der Waals surface area contributed by atoms with E-state index in [1.54, 1.807) is 19.5 Å². The Hall–Kier alpha value is -4.06. The molecule has 0 saturated heterocycles. The number of ether oxygens (including phenoxy) is 2. The molecule has 0 aliphatic carbocycles. The SMILES string of the molecule is COc1cc(CNC(=O)c2ccc(-n3cccc3)cc2)ccc1OCc1ccncc1. The fourth-order valence-corrected chi connectivity index (χ4v) is 3.16. The van der Waals surface area contributed by atoms with Crippen LogP contribution in [0.2, 0.25) is 0 Å². The van der Waals surface area contributed by atoms with Crippen LogP contribution in [0, 0.1) is 0 Å². The van der Waals surface area contributed by atoms with Crippen molar-refractivity contribution in [3.05, 3.63) is 108 Å². The normalized spacial score (nSPS) is 10.5. The van der Waals surface area contributed by atoms with Crippen LogP contribution in [0.4, 0.5) is 0 Å². The minimum absolute atomic E-state index is 0.129. The molecule has 1 N–H and O–H groups in total. The smallest absolute Gasteiger partial charge is 0.251 e. The summed E-state index contributed by atoms with van der Waals surface area (Å²) >= 11 is 0. The number of hydrogen-bond acceptors (Lipinski definition) is 4. The fraction of sp³-hybridized carbons (Fsp3) is 0.120. The summed E-state index contributed by atoms with van der Waals surface area (Å²) in [6, 6.07) is 20.9. The molecule has 0 aliphatic heterocycles. The zero-order valence-corrected chi connectivity index (χ0v) is 17.2. The van der Waals surface area contributed by atoms with Gasteiger partial charge in [0.25, 0.3) is 5.91 Å². The predicted molar refractivity (Wildman–Crippen MR) is 119 cm³/mol. The second-order valence-electron chi connectivity index (χ2n) is 6.95. The lowest BCUT2D eigenvalue weighted by Crippen LogP contribution is -2.22. The first-order valence-corrected chi connectivity index (χ1v) is 9.93. The molecule has 1 amide bonds. The summed E-state index contributed by atoms with van der Waals surface area (Å²) in [6.07, 6.45) is 7.39. The lowest BCUT2D eigenvalue weighted by atomic mass is 10.1. The molecule has 0 bridgehead atoms. The second-order valence-corrected chi connectivity index (χ2v) is 6.95. The molecule has 6 heteroatoms. The fourth-order valence-electron chi connectivity index (χ4n) is 3.16. The molecule has 2 aromatic carbocycles. The van der Waals surface area contributed by atoms with E-state index in [2.05, 4.69) is 10.3 Å². The van der Waals surface area contributed by atoms with Gasteiger partial charge in [-0.25, -0.2) is 0 Å². The van der Waals surface area contributed by atoms with Crippen LogP contribution < -0.4 is 14.8 Å². The summed E-state index contributed by atoms with van der Waals surface area (Å²) in [5, 5.41) is 2.95. The third-order valence-electron chi connectivity index (χ3n) is 4.86. The number of carbonyl (C=O) groups is 1. The summed E-state index contributed by atoms with van der Waals surface area (Å²) in [6.45, 7) is 0.813. The van der Waals surface area contributed by atoms with Gasteiger partial charge >= 0.3 is 0 Å². The summed E-state index contributed by atoms with van der Waals surface area (Å²) < 4.78 is 13.3. The first kappa shape index (κ1) is 20.2. The Kier molecular flexibility index (Phi) is 6.28. The molecule has 156 valence electrons. The van der Waals surface area contributed by atoms with Crippen molar-refractivity contribution < 1.29 is 14.3 Å². The molecule has 0 fully saturated rings. The van der Waals surface area contributed by atoms with E-state index in [1.807, 2.05) is 83.7 Å². The van der Waals surface area contributed by atoms with Crippen molar-refractivity contribution in [2.45, 2.75) is 13.2 Å². The van der Waals surface area contributed by atoms with E-state index >= 15 is 0 Å². The van der Waals surface area contributed by atoms with Crippen LogP contribution in [0.15, 0.2) is 91.5 Å². The van der Waals surface area contributed by atoms with E-state index in [0.29, 0.717) is 30.2 Å². The van der Waals surface area contributed by atoms with Crippen LogP contribution in [0.1, 0.15) is 21.5 Å². The van der Waals surface area contributed by atoms with E-state index < -0.39 is 0 Å². The van der Waals surface area contributed by atoms with Gasteiger partial charge in [0.15, 0.2) is 11.5 Å². The van der Waals surface area contributed by atoms with Gasteiger partial charge in [0.2, 0.25) is 0 Å². The highest BCUT2D eigenvalue weighted by Gasteiger charge is 2.09. The van der Waals surface area contributed by atoms with Gasteiger partial charge in [-0.1, -0.05) is 6.07 Å². The number of nitrogens with one attached hydrogen (secondary N) is 1. The van der Waals surface area contributed by atoms with Gasteiger partial charge in [-0.2, -0.15) is 0 Å². The van der Waals surface area contributed by atoms with E-state index in [4.69, 9.17) is 9.47 Å². The number of benzene rings is 2. The summed E-state index contributed by atoms with van der Waals surface area (Å²) in [5.41, 5.74) is 3.57. The van der Waals surface area contributed by atoms with Crippen molar-refractivity contribution in [1.29, 1.82) is 0 Å². The molecule has 0 unspecified atom stereocenters. The van der Waals surface area contributed by atoms with Crippen molar-refractivity contribution in [3.8, 4) is 17.2 Å². The Morgan fingerprint density at radius 1 is 0.935 bits per heavy atom. The standard InChI is InChI=1S/C25H23N3O3/c1-30-24-16-20(4-9-23(24)31-18-19-10-12-26-13-11-19)17-27-25(29)21-5-7-22(8-6-21)28-14-2-3-15-28/h2-16H,17-18H2,1H3,(H,27,29). The molecule has 0 saturated carbocycles. The van der Waals surface area contributed by atoms with Gasteiger partial charge < -0.3 is 19.4 Å². The Labute approximate surface area is 181 Å². The average molecular weight is 413 g/mol. The molecule has 31 heavy (non-hydrogen) atoms. The van der Waals surface area contributed by atoms with Crippen LogP contribution in [0.5, 0.6) is 11.5 Å². The van der Waals surface area contributed by atoms with Crippen LogP contribution in [-0.4, -0.2) is 22.6 Å². The van der Waals surface area contributed by atoms with Crippen molar-refractivity contribution in [1.82, 2.24) is 14.9 Å². The highest BCUT2D eigenvalue weighted by Crippen LogP contribution is 2.28. The summed E-state index contributed by atoms with van der Waals surface area (Å²) in [4.78, 5) is 16.5. The monoisotopic (exact) mass is 413 g/mol.